The van der Waals surface area contributed by atoms with Crippen LogP contribution in [0.1, 0.15) is 30.2 Å². The Hall–Kier alpha value is -1.11. The number of rotatable bonds is 3. The second-order valence-corrected chi connectivity index (χ2v) is 7.08. The van der Waals surface area contributed by atoms with Crippen LogP contribution < -0.4 is 5.32 Å². The highest BCUT2D eigenvalue weighted by Crippen LogP contribution is 2.24. The molecular weight excluding hydrogens is 334 g/mol. The van der Waals surface area contributed by atoms with Gasteiger partial charge in [-0.1, -0.05) is 0 Å². The second kappa shape index (κ2) is 8.13. The van der Waals surface area contributed by atoms with E-state index in [-0.39, 0.29) is 30.3 Å². The minimum atomic E-state index is 0. The van der Waals surface area contributed by atoms with E-state index >= 15 is 0 Å². The van der Waals surface area contributed by atoms with Gasteiger partial charge >= 0.3 is 0 Å². The van der Waals surface area contributed by atoms with Crippen molar-refractivity contribution in [3.05, 3.63) is 21.9 Å². The fourth-order valence-corrected chi connectivity index (χ4v) is 4.08. The third-order valence-corrected chi connectivity index (χ3v) is 5.56. The van der Waals surface area contributed by atoms with Crippen LogP contribution in [0.3, 0.4) is 0 Å². The van der Waals surface area contributed by atoms with Gasteiger partial charge < -0.3 is 15.1 Å². The molecule has 1 atom stereocenters. The monoisotopic (exact) mass is 357 g/mol. The van der Waals surface area contributed by atoms with Gasteiger partial charge in [0.05, 0.1) is 0 Å². The first-order valence-electron chi connectivity index (χ1n) is 7.98. The molecule has 0 bridgehead atoms. The lowest BCUT2D eigenvalue weighted by Gasteiger charge is -2.34. The van der Waals surface area contributed by atoms with E-state index in [4.69, 9.17) is 0 Å². The molecule has 0 aliphatic carbocycles. The number of thiophene rings is 1. The van der Waals surface area contributed by atoms with Crippen molar-refractivity contribution >= 4 is 35.6 Å². The van der Waals surface area contributed by atoms with Gasteiger partial charge in [-0.05, 0) is 30.4 Å². The zero-order valence-corrected chi connectivity index (χ0v) is 15.0. The molecule has 5 nitrogen and oxygen atoms in total. The molecule has 3 rings (SSSR count). The first kappa shape index (κ1) is 18.2. The largest absolute Gasteiger partial charge is 0.338 e. The van der Waals surface area contributed by atoms with Crippen molar-refractivity contribution in [1.29, 1.82) is 0 Å². The Balaban J connectivity index is 0.00000192. The van der Waals surface area contributed by atoms with Crippen LogP contribution >= 0.6 is 23.7 Å². The number of nitrogens with one attached hydrogen (secondary N) is 1. The van der Waals surface area contributed by atoms with Crippen molar-refractivity contribution in [1.82, 2.24) is 15.1 Å². The fourth-order valence-electron chi connectivity index (χ4n) is 3.19. The third kappa shape index (κ3) is 4.25. The summed E-state index contributed by atoms with van der Waals surface area (Å²) >= 11 is 1.77. The number of nitrogens with zero attached hydrogens (tertiary/aromatic N) is 2. The Morgan fingerprint density at radius 3 is 2.87 bits per heavy atom. The minimum Gasteiger partial charge on any atom is -0.338 e. The normalized spacial score (nSPS) is 20.7. The van der Waals surface area contributed by atoms with Crippen molar-refractivity contribution in [3.8, 4) is 0 Å². The third-order valence-electron chi connectivity index (χ3n) is 4.53. The van der Waals surface area contributed by atoms with E-state index in [1.165, 1.54) is 10.4 Å². The highest BCUT2D eigenvalue weighted by Gasteiger charge is 2.25. The fraction of sp³-hybridized carbons (Fsp3) is 0.625. The predicted molar refractivity (Wildman–Crippen MR) is 94.0 cm³/mol. The van der Waals surface area contributed by atoms with Gasteiger partial charge in [0.25, 0.3) is 0 Å². The van der Waals surface area contributed by atoms with Crippen LogP contribution in [0, 0.1) is 0 Å². The van der Waals surface area contributed by atoms with Crippen molar-refractivity contribution in [3.63, 3.8) is 0 Å². The summed E-state index contributed by atoms with van der Waals surface area (Å²) in [7, 11) is 0. The number of carbonyl (C=O) groups is 2. The average molecular weight is 358 g/mol. The van der Waals surface area contributed by atoms with E-state index < -0.39 is 0 Å². The topological polar surface area (TPSA) is 52.7 Å². The minimum absolute atomic E-state index is 0. The summed E-state index contributed by atoms with van der Waals surface area (Å²) in [6.45, 7) is 5.97. The Morgan fingerprint density at radius 2 is 2.09 bits per heavy atom. The van der Waals surface area contributed by atoms with E-state index in [2.05, 4.69) is 23.7 Å². The Bertz CT molecular complexity index is 563. The van der Waals surface area contributed by atoms with Crippen LogP contribution in [0.5, 0.6) is 0 Å². The van der Waals surface area contributed by atoms with E-state index in [0.29, 0.717) is 19.4 Å². The summed E-state index contributed by atoms with van der Waals surface area (Å²) in [4.78, 5) is 29.8. The van der Waals surface area contributed by atoms with Crippen LogP contribution in [0.15, 0.2) is 11.4 Å². The number of hydrogen-bond acceptors (Lipinski definition) is 4. The molecule has 2 aliphatic rings. The molecule has 0 radical (unpaired) electrons. The van der Waals surface area contributed by atoms with E-state index in [1.54, 1.807) is 11.3 Å². The number of piperazine rings is 1. The Labute approximate surface area is 147 Å². The molecule has 1 saturated heterocycles. The summed E-state index contributed by atoms with van der Waals surface area (Å²) in [6.07, 6.45) is 1.60. The molecule has 0 unspecified atom stereocenters. The van der Waals surface area contributed by atoms with Gasteiger partial charge in [-0.2, -0.15) is 0 Å². The molecule has 0 saturated carbocycles. The average Bonchev–Trinajstić information content (AvgIpc) is 3.00. The van der Waals surface area contributed by atoms with Crippen molar-refractivity contribution in [2.45, 2.75) is 38.8 Å². The molecule has 1 fully saturated rings. The molecule has 23 heavy (non-hydrogen) atoms. The smallest absolute Gasteiger partial charge is 0.223 e. The Morgan fingerprint density at radius 1 is 1.30 bits per heavy atom. The van der Waals surface area contributed by atoms with Crippen molar-refractivity contribution in [2.75, 3.05) is 26.2 Å². The van der Waals surface area contributed by atoms with Gasteiger partial charge in [-0.15, -0.1) is 23.7 Å². The lowest BCUT2D eigenvalue weighted by molar-refractivity contribution is -0.139. The van der Waals surface area contributed by atoms with Gasteiger partial charge in [0.2, 0.25) is 11.8 Å². The van der Waals surface area contributed by atoms with E-state index in [9.17, 15) is 9.59 Å². The number of halogens is 1. The first-order valence-corrected chi connectivity index (χ1v) is 8.86. The van der Waals surface area contributed by atoms with Crippen molar-refractivity contribution in [2.24, 2.45) is 0 Å². The predicted octanol–water partition coefficient (Wildman–Crippen LogP) is 1.66. The summed E-state index contributed by atoms with van der Waals surface area (Å²) in [5.74, 6) is 0.212. The molecule has 7 heteroatoms. The number of carbonyl (C=O) groups excluding carboxylic acids is 2. The van der Waals surface area contributed by atoms with Crippen LogP contribution in [-0.2, 0) is 22.6 Å². The molecule has 2 aliphatic heterocycles. The molecule has 1 aromatic rings. The maximum absolute atomic E-state index is 12.3. The lowest BCUT2D eigenvalue weighted by Crippen LogP contribution is -2.52. The van der Waals surface area contributed by atoms with Gasteiger partial charge in [-0.3, -0.25) is 9.59 Å². The van der Waals surface area contributed by atoms with Crippen LogP contribution in [0.25, 0.3) is 0 Å². The van der Waals surface area contributed by atoms with Gasteiger partial charge in [-0.25, -0.2) is 0 Å². The number of hydrogen-bond donors (Lipinski definition) is 1. The van der Waals surface area contributed by atoms with Gasteiger partial charge in [0.1, 0.15) is 0 Å². The van der Waals surface area contributed by atoms with Crippen LogP contribution in [-0.4, -0.2) is 53.8 Å². The highest BCUT2D eigenvalue weighted by atomic mass is 35.5. The molecule has 0 spiro atoms. The quantitative estimate of drug-likeness (QED) is 0.895. The summed E-state index contributed by atoms with van der Waals surface area (Å²) < 4.78 is 0. The van der Waals surface area contributed by atoms with E-state index in [1.807, 2.05) is 9.80 Å². The van der Waals surface area contributed by atoms with Gasteiger partial charge in [0.15, 0.2) is 0 Å². The summed E-state index contributed by atoms with van der Waals surface area (Å²) in [5.41, 5.74) is 1.27. The maximum Gasteiger partial charge on any atom is 0.223 e. The summed E-state index contributed by atoms with van der Waals surface area (Å²) in [5, 5.41) is 5.37. The highest BCUT2D eigenvalue weighted by molar-refractivity contribution is 7.10. The number of amides is 2. The van der Waals surface area contributed by atoms with Crippen molar-refractivity contribution < 1.29 is 9.59 Å². The number of fused-ring (bicyclic) bond motifs is 1. The molecule has 2 amide bonds. The molecule has 1 N–H and O–H groups in total. The zero-order valence-electron chi connectivity index (χ0n) is 13.4. The van der Waals surface area contributed by atoms with E-state index in [0.717, 1.165) is 32.6 Å². The molecule has 3 heterocycles. The zero-order chi connectivity index (χ0) is 15.5. The second-order valence-electron chi connectivity index (χ2n) is 6.07. The molecule has 0 aromatic carbocycles. The molecule has 128 valence electrons. The molecule has 1 aromatic heterocycles. The molecular formula is C16H24ClN3O2S. The maximum atomic E-state index is 12.3. The standard InChI is InChI=1S/C16H23N3O2S.ClH/c1-12-10-17-6-8-19(12)16(21)3-2-15(20)18-7-4-14-13(11-18)5-9-22-14;/h5,9,12,17H,2-4,6-8,10-11H2,1H3;1H/t12-;/m1./s1. The first-order chi connectivity index (χ1) is 10.6. The van der Waals surface area contributed by atoms with Crippen LogP contribution in [0.4, 0.5) is 0 Å². The lowest BCUT2D eigenvalue weighted by atomic mass is 10.1. The van der Waals surface area contributed by atoms with Gasteiger partial charge in [0, 0.05) is 56.5 Å². The van der Waals surface area contributed by atoms with Crippen LogP contribution in [0.2, 0.25) is 0 Å². The summed E-state index contributed by atoms with van der Waals surface area (Å²) in [6, 6.07) is 2.33. The Kier molecular flexibility index (Phi) is 6.44. The SMILES string of the molecule is C[C@@H]1CNCCN1C(=O)CCC(=O)N1CCc2sccc2C1.Cl.